The Kier molecular flexibility index (Phi) is 4.56. The second kappa shape index (κ2) is 6.11. The van der Waals surface area contributed by atoms with Crippen LogP contribution in [0.3, 0.4) is 0 Å². The molecule has 126 valence electrons. The van der Waals surface area contributed by atoms with Crippen LogP contribution in [0.2, 0.25) is 0 Å². The Morgan fingerprint density at radius 1 is 1.35 bits per heavy atom. The number of aromatic nitrogens is 4. The fourth-order valence-corrected chi connectivity index (χ4v) is 2.04. The van der Waals surface area contributed by atoms with Crippen molar-refractivity contribution in [2.75, 3.05) is 6.61 Å². The molecule has 0 aliphatic carbocycles. The normalized spacial score (nSPS) is 12.0. The van der Waals surface area contributed by atoms with Crippen molar-refractivity contribution in [3.8, 4) is 11.4 Å². The van der Waals surface area contributed by atoms with Gasteiger partial charge in [0, 0.05) is 13.1 Å². The third kappa shape index (κ3) is 3.42. The molecule has 2 rings (SSSR count). The first kappa shape index (κ1) is 17.1. The van der Waals surface area contributed by atoms with Crippen molar-refractivity contribution in [2.45, 2.75) is 39.2 Å². The molecule has 0 radical (unpaired) electrons. The van der Waals surface area contributed by atoms with Crippen LogP contribution >= 0.6 is 0 Å². The number of halogens is 1. The van der Waals surface area contributed by atoms with E-state index in [4.69, 9.17) is 4.74 Å². The highest BCUT2D eigenvalue weighted by molar-refractivity contribution is 5.50. The van der Waals surface area contributed by atoms with Gasteiger partial charge >= 0.3 is 5.69 Å². The Hall–Kier alpha value is -2.22. The fraction of sp³-hybridized carbons (Fsp3) is 0.533. The Balaban J connectivity index is 2.67. The van der Waals surface area contributed by atoms with Gasteiger partial charge in [-0.2, -0.15) is 9.36 Å². The summed E-state index contributed by atoms with van der Waals surface area (Å²) in [5.41, 5.74) is -0.689. The molecule has 0 saturated heterocycles. The predicted molar refractivity (Wildman–Crippen MR) is 82.4 cm³/mol. The Bertz CT molecular complexity index is 765. The summed E-state index contributed by atoms with van der Waals surface area (Å²) < 4.78 is 22.1. The van der Waals surface area contributed by atoms with Gasteiger partial charge in [-0.1, -0.05) is 13.8 Å². The number of rotatable bonds is 5. The van der Waals surface area contributed by atoms with E-state index in [1.807, 2.05) is 13.8 Å². The Labute approximate surface area is 133 Å². The number of aryl methyl sites for hydroxylation is 1. The van der Waals surface area contributed by atoms with Crippen molar-refractivity contribution in [1.29, 1.82) is 0 Å². The molecular formula is C15H21FN4O3. The van der Waals surface area contributed by atoms with Crippen molar-refractivity contribution in [3.05, 3.63) is 34.0 Å². The van der Waals surface area contributed by atoms with Crippen LogP contribution in [-0.2, 0) is 7.05 Å². The van der Waals surface area contributed by atoms with Gasteiger partial charge in [0.05, 0.1) is 6.61 Å². The number of hydrogen-bond acceptors (Lipinski definition) is 5. The summed E-state index contributed by atoms with van der Waals surface area (Å²) in [5.74, 6) is -0.404. The lowest BCUT2D eigenvalue weighted by atomic mass is 10.0. The van der Waals surface area contributed by atoms with Gasteiger partial charge in [0.25, 0.3) is 0 Å². The summed E-state index contributed by atoms with van der Waals surface area (Å²) in [5, 5.41) is 16.8. The maximum absolute atomic E-state index is 14.3. The minimum Gasteiger partial charge on any atom is -0.483 e. The van der Waals surface area contributed by atoms with E-state index < -0.39 is 17.1 Å². The van der Waals surface area contributed by atoms with Crippen molar-refractivity contribution in [3.63, 3.8) is 0 Å². The number of benzene rings is 1. The van der Waals surface area contributed by atoms with Crippen LogP contribution in [0.4, 0.5) is 4.39 Å². The van der Waals surface area contributed by atoms with Gasteiger partial charge in [-0.3, -0.25) is 0 Å². The summed E-state index contributed by atoms with van der Waals surface area (Å²) >= 11 is 0. The number of hydrogen-bond donors (Lipinski definition) is 1. The van der Waals surface area contributed by atoms with E-state index in [2.05, 4.69) is 10.4 Å². The number of ether oxygens (including phenoxy) is 1. The predicted octanol–water partition coefficient (Wildman–Crippen LogP) is 1.38. The molecule has 1 aromatic heterocycles. The van der Waals surface area contributed by atoms with Gasteiger partial charge in [-0.15, -0.1) is 0 Å². The zero-order chi connectivity index (χ0) is 17.4. The molecule has 0 aliphatic heterocycles. The molecule has 0 saturated carbocycles. The van der Waals surface area contributed by atoms with E-state index >= 15 is 0 Å². The smallest absolute Gasteiger partial charge is 0.368 e. The maximum Gasteiger partial charge on any atom is 0.368 e. The van der Waals surface area contributed by atoms with Crippen LogP contribution in [0.1, 0.15) is 39.2 Å². The molecule has 23 heavy (non-hydrogen) atoms. The zero-order valence-electron chi connectivity index (χ0n) is 13.9. The average Bonchev–Trinajstić information content (AvgIpc) is 2.79. The summed E-state index contributed by atoms with van der Waals surface area (Å²) in [6, 6.07) is 2.74. The summed E-state index contributed by atoms with van der Waals surface area (Å²) in [6.07, 6.45) is 0. The van der Waals surface area contributed by atoms with E-state index in [9.17, 15) is 14.3 Å². The Morgan fingerprint density at radius 3 is 2.48 bits per heavy atom. The van der Waals surface area contributed by atoms with E-state index in [1.165, 1.54) is 19.2 Å². The summed E-state index contributed by atoms with van der Waals surface area (Å²) in [7, 11) is 1.47. The molecule has 7 nitrogen and oxygen atoms in total. The van der Waals surface area contributed by atoms with Crippen LogP contribution in [0.25, 0.3) is 5.69 Å². The van der Waals surface area contributed by atoms with Gasteiger partial charge in [-0.05, 0) is 41.8 Å². The highest BCUT2D eigenvalue weighted by Gasteiger charge is 2.24. The van der Waals surface area contributed by atoms with Gasteiger partial charge in [0.2, 0.25) is 0 Å². The molecule has 1 N–H and O–H groups in total. The van der Waals surface area contributed by atoms with Crippen molar-refractivity contribution >= 4 is 0 Å². The first-order valence-corrected chi connectivity index (χ1v) is 7.29. The third-order valence-electron chi connectivity index (χ3n) is 3.42. The number of aliphatic hydroxyl groups is 1. The lowest BCUT2D eigenvalue weighted by Crippen LogP contribution is -2.33. The van der Waals surface area contributed by atoms with Crippen LogP contribution in [0.15, 0.2) is 16.9 Å². The highest BCUT2D eigenvalue weighted by Crippen LogP contribution is 2.31. The first-order chi connectivity index (χ1) is 10.7. The number of aliphatic hydroxyl groups excluding tert-OH is 1. The first-order valence-electron chi connectivity index (χ1n) is 7.29. The fourth-order valence-electron chi connectivity index (χ4n) is 2.04. The molecule has 0 aliphatic rings. The maximum atomic E-state index is 14.3. The van der Waals surface area contributed by atoms with Crippen LogP contribution < -0.4 is 10.4 Å². The molecule has 0 spiro atoms. The lowest BCUT2D eigenvalue weighted by molar-refractivity contribution is 0.0408. The molecule has 0 unspecified atom stereocenters. The molecule has 0 atom stereocenters. The second-order valence-electron chi connectivity index (χ2n) is 6.31. The van der Waals surface area contributed by atoms with Gasteiger partial charge < -0.3 is 9.84 Å². The molecule has 0 bridgehead atoms. The SMILES string of the molecule is CC(C)c1cc(-n2nnn(C)c2=O)c(OC(C)(C)CO)cc1F. The average molecular weight is 324 g/mol. The zero-order valence-corrected chi connectivity index (χ0v) is 13.9. The monoisotopic (exact) mass is 324 g/mol. The number of tetrazole rings is 1. The molecule has 2 aromatic rings. The second-order valence-corrected chi connectivity index (χ2v) is 6.31. The molecule has 0 fully saturated rings. The molecule has 8 heteroatoms. The van der Waals surface area contributed by atoms with E-state index in [0.717, 1.165) is 9.36 Å². The molecule has 0 amide bonds. The molecule has 1 aromatic carbocycles. The van der Waals surface area contributed by atoms with Crippen molar-refractivity contribution in [2.24, 2.45) is 7.05 Å². The van der Waals surface area contributed by atoms with Crippen molar-refractivity contribution in [1.82, 2.24) is 19.8 Å². The van der Waals surface area contributed by atoms with Crippen LogP contribution in [0, 0.1) is 5.82 Å². The Morgan fingerprint density at radius 2 is 2.00 bits per heavy atom. The van der Waals surface area contributed by atoms with Crippen LogP contribution in [0.5, 0.6) is 5.75 Å². The van der Waals surface area contributed by atoms with E-state index in [1.54, 1.807) is 13.8 Å². The largest absolute Gasteiger partial charge is 0.483 e. The number of nitrogens with zero attached hydrogens (tertiary/aromatic N) is 4. The summed E-state index contributed by atoms with van der Waals surface area (Å²) in [4.78, 5) is 12.1. The minimum atomic E-state index is -0.938. The van der Waals surface area contributed by atoms with Crippen molar-refractivity contribution < 1.29 is 14.2 Å². The van der Waals surface area contributed by atoms with Crippen LogP contribution in [-0.4, -0.2) is 37.1 Å². The van der Waals surface area contributed by atoms with Gasteiger partial charge in [0.15, 0.2) is 0 Å². The lowest BCUT2D eigenvalue weighted by Gasteiger charge is -2.25. The third-order valence-corrected chi connectivity index (χ3v) is 3.42. The topological polar surface area (TPSA) is 82.2 Å². The van der Waals surface area contributed by atoms with Gasteiger partial charge in [0.1, 0.15) is 22.9 Å². The molecular weight excluding hydrogens is 303 g/mol. The standard InChI is InChI=1S/C15H21FN4O3/c1-9(2)10-6-12(20-14(22)19(5)17-18-20)13(7-11(10)16)23-15(3,4)8-21/h6-7,9,21H,8H2,1-5H3. The van der Waals surface area contributed by atoms with E-state index in [0.29, 0.717) is 5.56 Å². The van der Waals surface area contributed by atoms with Gasteiger partial charge in [-0.25, -0.2) is 9.18 Å². The molecule has 1 heterocycles. The quantitative estimate of drug-likeness (QED) is 0.898. The summed E-state index contributed by atoms with van der Waals surface area (Å²) in [6.45, 7) is 6.74. The van der Waals surface area contributed by atoms with E-state index in [-0.39, 0.29) is 24.0 Å². The minimum absolute atomic E-state index is 0.0824. The highest BCUT2D eigenvalue weighted by atomic mass is 19.1.